The van der Waals surface area contributed by atoms with Gasteiger partial charge in [-0.15, -0.1) is 5.10 Å². The third kappa shape index (κ3) is 2.90. The van der Waals surface area contributed by atoms with Gasteiger partial charge in [0.15, 0.2) is 6.10 Å². The van der Waals surface area contributed by atoms with Gasteiger partial charge in [0.05, 0.1) is 0 Å². The summed E-state index contributed by atoms with van der Waals surface area (Å²) in [4.78, 5) is 32.1. The molecule has 0 aliphatic heterocycles. The van der Waals surface area contributed by atoms with Gasteiger partial charge in [0, 0.05) is 17.4 Å². The molecule has 1 saturated carbocycles. The van der Waals surface area contributed by atoms with E-state index in [1.54, 1.807) is 0 Å². The highest BCUT2D eigenvalue weighted by atomic mass is 16.5. The number of hydrogen-bond acceptors (Lipinski definition) is 6. The van der Waals surface area contributed by atoms with E-state index in [0.29, 0.717) is 5.78 Å². The molecule has 3 rings (SSSR count). The maximum Gasteiger partial charge on any atom is 0.379 e. The van der Waals surface area contributed by atoms with E-state index in [0.717, 1.165) is 24.2 Å². The molecule has 1 aliphatic carbocycles. The van der Waals surface area contributed by atoms with Crippen molar-refractivity contribution < 1.29 is 14.3 Å². The molecule has 1 atom stereocenters. The molecule has 22 heavy (non-hydrogen) atoms. The molecule has 1 aliphatic rings. The van der Waals surface area contributed by atoms with Crippen molar-refractivity contribution in [3.8, 4) is 0 Å². The SMILES string of the molecule is Cc1cc(C)n2nc(C(=O)OC(C)C(=O)NC3CC3)nc2n1. The molecule has 1 unspecified atom stereocenters. The predicted molar refractivity (Wildman–Crippen MR) is 76.3 cm³/mol. The Hall–Kier alpha value is -2.51. The monoisotopic (exact) mass is 303 g/mol. The molecule has 2 aromatic rings. The second-order valence-corrected chi connectivity index (χ2v) is 5.52. The Kier molecular flexibility index (Phi) is 3.51. The van der Waals surface area contributed by atoms with Crippen LogP contribution in [0.1, 0.15) is 41.8 Å². The van der Waals surface area contributed by atoms with Crippen molar-refractivity contribution in [1.29, 1.82) is 0 Å². The molecule has 1 amide bonds. The fraction of sp³-hybridized carbons (Fsp3) is 0.500. The third-order valence-corrected chi connectivity index (χ3v) is 3.38. The summed E-state index contributed by atoms with van der Waals surface area (Å²) in [7, 11) is 0. The number of amides is 1. The highest BCUT2D eigenvalue weighted by molar-refractivity contribution is 5.89. The molecule has 0 radical (unpaired) electrons. The van der Waals surface area contributed by atoms with E-state index in [1.807, 2.05) is 19.9 Å². The van der Waals surface area contributed by atoms with E-state index in [9.17, 15) is 9.59 Å². The molecular formula is C14H17N5O3. The first-order valence-electron chi connectivity index (χ1n) is 7.16. The lowest BCUT2D eigenvalue weighted by Gasteiger charge is -2.11. The summed E-state index contributed by atoms with van der Waals surface area (Å²) in [5.41, 5.74) is 1.60. The summed E-state index contributed by atoms with van der Waals surface area (Å²) < 4.78 is 6.58. The van der Waals surface area contributed by atoms with Crippen molar-refractivity contribution in [2.45, 2.75) is 45.8 Å². The number of aromatic nitrogens is 4. The van der Waals surface area contributed by atoms with Crippen LogP contribution in [0.4, 0.5) is 0 Å². The smallest absolute Gasteiger partial charge is 0.379 e. The normalized spacial score (nSPS) is 15.6. The molecule has 116 valence electrons. The zero-order chi connectivity index (χ0) is 15.9. The van der Waals surface area contributed by atoms with Crippen LogP contribution in [0.2, 0.25) is 0 Å². The fourth-order valence-electron chi connectivity index (χ4n) is 2.07. The lowest BCUT2D eigenvalue weighted by atomic mass is 10.3. The van der Waals surface area contributed by atoms with Crippen molar-refractivity contribution in [3.63, 3.8) is 0 Å². The van der Waals surface area contributed by atoms with E-state index in [4.69, 9.17) is 4.74 Å². The fourth-order valence-corrected chi connectivity index (χ4v) is 2.07. The lowest BCUT2D eigenvalue weighted by Crippen LogP contribution is -2.37. The van der Waals surface area contributed by atoms with E-state index in [1.165, 1.54) is 11.4 Å². The molecule has 0 bridgehead atoms. The predicted octanol–water partition coefficient (Wildman–Crippen LogP) is 0.565. The van der Waals surface area contributed by atoms with Crippen LogP contribution >= 0.6 is 0 Å². The summed E-state index contributed by atoms with van der Waals surface area (Å²) >= 11 is 0. The van der Waals surface area contributed by atoms with Crippen LogP contribution in [0, 0.1) is 13.8 Å². The minimum Gasteiger partial charge on any atom is -0.447 e. The topological polar surface area (TPSA) is 98.5 Å². The van der Waals surface area contributed by atoms with Gasteiger partial charge in [0.1, 0.15) is 0 Å². The van der Waals surface area contributed by atoms with Crippen LogP contribution in [0.3, 0.4) is 0 Å². The average Bonchev–Trinajstić information content (AvgIpc) is 3.14. The maximum atomic E-state index is 12.1. The molecular weight excluding hydrogens is 286 g/mol. The molecule has 2 heterocycles. The van der Waals surface area contributed by atoms with Gasteiger partial charge < -0.3 is 10.1 Å². The van der Waals surface area contributed by atoms with E-state index < -0.39 is 12.1 Å². The van der Waals surface area contributed by atoms with Gasteiger partial charge in [0.25, 0.3) is 17.5 Å². The van der Waals surface area contributed by atoms with Gasteiger partial charge in [-0.3, -0.25) is 4.79 Å². The quantitative estimate of drug-likeness (QED) is 0.829. The number of hydrogen-bond donors (Lipinski definition) is 1. The van der Waals surface area contributed by atoms with Gasteiger partial charge in [-0.2, -0.15) is 4.98 Å². The molecule has 1 fully saturated rings. The van der Waals surface area contributed by atoms with Gasteiger partial charge in [-0.05, 0) is 39.7 Å². The summed E-state index contributed by atoms with van der Waals surface area (Å²) in [5, 5.41) is 6.85. The first kappa shape index (κ1) is 14.4. The minimum absolute atomic E-state index is 0.104. The number of ether oxygens (including phenoxy) is 1. The summed E-state index contributed by atoms with van der Waals surface area (Å²) in [5.74, 6) is -0.808. The number of fused-ring (bicyclic) bond motifs is 1. The zero-order valence-electron chi connectivity index (χ0n) is 12.7. The van der Waals surface area contributed by atoms with Crippen LogP contribution < -0.4 is 5.32 Å². The number of nitrogens with one attached hydrogen (secondary N) is 1. The van der Waals surface area contributed by atoms with Crippen molar-refractivity contribution >= 4 is 17.7 Å². The Labute approximate surface area is 126 Å². The van der Waals surface area contributed by atoms with Gasteiger partial charge >= 0.3 is 5.97 Å². The molecule has 0 saturated heterocycles. The van der Waals surface area contributed by atoms with Crippen LogP contribution in [0.25, 0.3) is 5.78 Å². The van der Waals surface area contributed by atoms with Crippen molar-refractivity contribution in [2.75, 3.05) is 0 Å². The van der Waals surface area contributed by atoms with E-state index in [2.05, 4.69) is 20.4 Å². The number of nitrogens with zero attached hydrogens (tertiary/aromatic N) is 4. The molecule has 0 aromatic carbocycles. The first-order chi connectivity index (χ1) is 10.4. The molecule has 1 N–H and O–H groups in total. The minimum atomic E-state index is -0.879. The van der Waals surface area contributed by atoms with Crippen molar-refractivity contribution in [2.24, 2.45) is 0 Å². The Morgan fingerprint density at radius 2 is 2.09 bits per heavy atom. The highest BCUT2D eigenvalue weighted by Crippen LogP contribution is 2.18. The maximum absolute atomic E-state index is 12.1. The number of carbonyl (C=O) groups is 2. The second-order valence-electron chi connectivity index (χ2n) is 5.52. The van der Waals surface area contributed by atoms with Crippen LogP contribution in [0.15, 0.2) is 6.07 Å². The second kappa shape index (κ2) is 5.36. The Bertz CT molecular complexity index is 750. The van der Waals surface area contributed by atoms with Crippen molar-refractivity contribution in [3.05, 3.63) is 23.3 Å². The van der Waals surface area contributed by atoms with Gasteiger partial charge in [0.2, 0.25) is 0 Å². The molecule has 8 heteroatoms. The third-order valence-electron chi connectivity index (χ3n) is 3.38. The molecule has 8 nitrogen and oxygen atoms in total. The van der Waals surface area contributed by atoms with Crippen LogP contribution in [-0.4, -0.2) is 43.6 Å². The molecule has 2 aromatic heterocycles. The van der Waals surface area contributed by atoms with Crippen molar-refractivity contribution in [1.82, 2.24) is 24.9 Å². The van der Waals surface area contributed by atoms with Crippen LogP contribution in [0.5, 0.6) is 0 Å². The van der Waals surface area contributed by atoms with Gasteiger partial charge in [-0.25, -0.2) is 14.3 Å². The highest BCUT2D eigenvalue weighted by Gasteiger charge is 2.28. The standard InChI is InChI=1S/C14H17N5O3/c1-7-6-8(2)19-14(15-7)17-11(18-19)13(21)22-9(3)12(20)16-10-4-5-10/h6,9-10H,4-5H2,1-3H3,(H,16,20). The average molecular weight is 303 g/mol. The van der Waals surface area contributed by atoms with Gasteiger partial charge in [-0.1, -0.05) is 0 Å². The van der Waals surface area contributed by atoms with E-state index >= 15 is 0 Å². The Morgan fingerprint density at radius 3 is 2.77 bits per heavy atom. The number of aryl methyl sites for hydroxylation is 2. The Morgan fingerprint density at radius 1 is 1.36 bits per heavy atom. The zero-order valence-corrected chi connectivity index (χ0v) is 12.7. The van der Waals surface area contributed by atoms with Crippen LogP contribution in [-0.2, 0) is 9.53 Å². The summed E-state index contributed by atoms with van der Waals surface area (Å²) in [6.45, 7) is 5.21. The number of rotatable bonds is 4. The van der Waals surface area contributed by atoms with E-state index in [-0.39, 0.29) is 17.8 Å². The summed E-state index contributed by atoms with van der Waals surface area (Å²) in [6, 6.07) is 2.06. The first-order valence-corrected chi connectivity index (χ1v) is 7.16. The molecule has 0 spiro atoms. The largest absolute Gasteiger partial charge is 0.447 e. The lowest BCUT2D eigenvalue weighted by molar-refractivity contribution is -0.129. The summed E-state index contributed by atoms with van der Waals surface area (Å²) in [6.07, 6.45) is 1.07. The number of carbonyl (C=O) groups excluding carboxylic acids is 2. The number of esters is 1. The Balaban J connectivity index is 1.74.